The molecule has 1 saturated carbocycles. The number of ether oxygens (including phenoxy) is 1. The lowest BCUT2D eigenvalue weighted by molar-refractivity contribution is 0.410. The van der Waals surface area contributed by atoms with Crippen LogP contribution < -0.4 is 10.1 Å². The summed E-state index contributed by atoms with van der Waals surface area (Å²) in [5.41, 5.74) is 4.58. The molecule has 1 fully saturated rings. The van der Waals surface area contributed by atoms with E-state index in [1.54, 1.807) is 18.9 Å². The van der Waals surface area contributed by atoms with E-state index in [9.17, 15) is 0 Å². The van der Waals surface area contributed by atoms with E-state index in [0.29, 0.717) is 5.92 Å². The molecule has 0 atom stereocenters. The van der Waals surface area contributed by atoms with E-state index in [4.69, 9.17) is 4.74 Å². The number of aliphatic imine (C=N–C) groups is 1. The van der Waals surface area contributed by atoms with E-state index in [1.165, 1.54) is 48.3 Å². The summed E-state index contributed by atoms with van der Waals surface area (Å²) in [6, 6.07) is 6.31. The maximum absolute atomic E-state index is 5.54. The van der Waals surface area contributed by atoms with Gasteiger partial charge in [0.15, 0.2) is 0 Å². The molecule has 148 valence electrons. The molecule has 0 heterocycles. The van der Waals surface area contributed by atoms with Gasteiger partial charge in [-0.25, -0.2) is 0 Å². The Morgan fingerprint density at radius 1 is 1.26 bits per heavy atom. The number of allylic oxidation sites excluding steroid dienone is 2. The first-order valence-electron chi connectivity index (χ1n) is 9.85. The van der Waals surface area contributed by atoms with Gasteiger partial charge in [0.2, 0.25) is 0 Å². The van der Waals surface area contributed by atoms with Crippen LogP contribution in [0.4, 0.5) is 0 Å². The molecule has 2 rings (SSSR count). The first-order chi connectivity index (χ1) is 12.9. The third kappa shape index (κ3) is 6.46. The lowest BCUT2D eigenvalue weighted by Crippen LogP contribution is -2.19. The Bertz CT molecular complexity index is 711. The van der Waals surface area contributed by atoms with Crippen molar-refractivity contribution in [2.75, 3.05) is 14.2 Å². The Morgan fingerprint density at radius 3 is 2.56 bits per heavy atom. The van der Waals surface area contributed by atoms with Gasteiger partial charge in [0.25, 0.3) is 0 Å². The van der Waals surface area contributed by atoms with Crippen LogP contribution in [0.25, 0.3) is 0 Å². The minimum atomic E-state index is 0.607. The molecule has 1 aliphatic rings. The fourth-order valence-electron chi connectivity index (χ4n) is 3.45. The van der Waals surface area contributed by atoms with Gasteiger partial charge in [0.1, 0.15) is 5.75 Å². The van der Waals surface area contributed by atoms with Gasteiger partial charge in [-0.05, 0) is 56.4 Å². The fraction of sp³-hybridized carbons (Fsp3) is 0.522. The zero-order valence-electron chi connectivity index (χ0n) is 17.5. The number of thioether (sulfide) groups is 1. The first kappa shape index (κ1) is 21.6. The van der Waals surface area contributed by atoms with Crippen molar-refractivity contribution in [3.05, 3.63) is 52.2 Å². The van der Waals surface area contributed by atoms with Crippen molar-refractivity contribution < 1.29 is 4.74 Å². The van der Waals surface area contributed by atoms with E-state index in [0.717, 1.165) is 28.5 Å². The molecule has 0 unspecified atom stereocenters. The van der Waals surface area contributed by atoms with Crippen LogP contribution in [0.15, 0.2) is 46.1 Å². The molecule has 1 aliphatic carbocycles. The maximum Gasteiger partial charge on any atom is 0.122 e. The minimum Gasteiger partial charge on any atom is -0.496 e. The molecule has 27 heavy (non-hydrogen) atoms. The van der Waals surface area contributed by atoms with Crippen molar-refractivity contribution in [3.63, 3.8) is 0 Å². The van der Waals surface area contributed by atoms with Crippen LogP contribution in [-0.4, -0.2) is 19.2 Å². The molecule has 0 aliphatic heterocycles. The summed E-state index contributed by atoms with van der Waals surface area (Å²) < 4.78 is 5.54. The quantitative estimate of drug-likeness (QED) is 0.444. The number of benzene rings is 1. The van der Waals surface area contributed by atoms with E-state index in [-0.39, 0.29) is 0 Å². The molecule has 0 spiro atoms. The molecule has 0 aromatic heterocycles. The highest BCUT2D eigenvalue weighted by atomic mass is 32.2. The Labute approximate surface area is 169 Å². The molecule has 0 bridgehead atoms. The molecular weight excluding hydrogens is 352 g/mol. The summed E-state index contributed by atoms with van der Waals surface area (Å²) >= 11 is 1.78. The predicted molar refractivity (Wildman–Crippen MR) is 120 cm³/mol. The molecule has 4 heteroatoms. The van der Waals surface area contributed by atoms with Crippen molar-refractivity contribution in [3.8, 4) is 5.75 Å². The van der Waals surface area contributed by atoms with E-state index >= 15 is 0 Å². The highest BCUT2D eigenvalue weighted by molar-refractivity contribution is 8.17. The third-order valence-electron chi connectivity index (χ3n) is 4.97. The highest BCUT2D eigenvalue weighted by Gasteiger charge is 2.21. The van der Waals surface area contributed by atoms with Gasteiger partial charge in [-0.3, -0.25) is 4.99 Å². The highest BCUT2D eigenvalue weighted by Crippen LogP contribution is 2.33. The second-order valence-corrected chi connectivity index (χ2v) is 8.58. The molecule has 0 radical (unpaired) electrons. The third-order valence-corrected chi connectivity index (χ3v) is 6.41. The Kier molecular flexibility index (Phi) is 8.49. The monoisotopic (exact) mass is 386 g/mol. The van der Waals surface area contributed by atoms with Gasteiger partial charge in [-0.2, -0.15) is 0 Å². The van der Waals surface area contributed by atoms with E-state index in [2.05, 4.69) is 55.9 Å². The summed E-state index contributed by atoms with van der Waals surface area (Å²) in [5, 5.41) is 5.95. The number of rotatable bonds is 7. The Balaban J connectivity index is 2.05. The second kappa shape index (κ2) is 10.6. The average Bonchev–Trinajstić information content (AvgIpc) is 2.66. The van der Waals surface area contributed by atoms with Gasteiger partial charge in [-0.15, -0.1) is 0 Å². The zero-order chi connectivity index (χ0) is 19.8. The van der Waals surface area contributed by atoms with Crippen molar-refractivity contribution in [2.45, 2.75) is 59.3 Å². The SMILES string of the molecule is C=C(Cc1ccc(C)cc1OC)NC(S/C(=N\C)C1CCCCC1)=C(C)C. The van der Waals surface area contributed by atoms with Crippen molar-refractivity contribution in [1.82, 2.24) is 5.32 Å². The van der Waals surface area contributed by atoms with Gasteiger partial charge in [-0.1, -0.05) is 49.7 Å². The maximum atomic E-state index is 5.54. The van der Waals surface area contributed by atoms with Gasteiger partial charge in [0, 0.05) is 25.1 Å². The summed E-state index contributed by atoms with van der Waals surface area (Å²) in [6.45, 7) is 10.6. The lowest BCUT2D eigenvalue weighted by atomic mass is 9.90. The minimum absolute atomic E-state index is 0.607. The smallest absolute Gasteiger partial charge is 0.122 e. The fourth-order valence-corrected chi connectivity index (χ4v) is 4.55. The van der Waals surface area contributed by atoms with Gasteiger partial charge >= 0.3 is 0 Å². The normalized spacial score (nSPS) is 15.4. The lowest BCUT2D eigenvalue weighted by Gasteiger charge is -2.24. The molecule has 0 saturated heterocycles. The average molecular weight is 387 g/mol. The van der Waals surface area contributed by atoms with Crippen LogP contribution in [-0.2, 0) is 6.42 Å². The van der Waals surface area contributed by atoms with Crippen LogP contribution in [0.1, 0.15) is 57.1 Å². The van der Waals surface area contributed by atoms with Crippen LogP contribution >= 0.6 is 11.8 Å². The Hall–Kier alpha value is -1.68. The van der Waals surface area contributed by atoms with E-state index in [1.807, 2.05) is 7.05 Å². The van der Waals surface area contributed by atoms with Crippen LogP contribution in [0, 0.1) is 12.8 Å². The zero-order valence-corrected chi connectivity index (χ0v) is 18.3. The second-order valence-electron chi connectivity index (χ2n) is 7.55. The van der Waals surface area contributed by atoms with Crippen LogP contribution in [0.3, 0.4) is 0 Å². The molecule has 0 amide bonds. The van der Waals surface area contributed by atoms with Crippen molar-refractivity contribution in [1.29, 1.82) is 0 Å². The Morgan fingerprint density at radius 2 is 1.96 bits per heavy atom. The summed E-state index contributed by atoms with van der Waals surface area (Å²) in [6.07, 6.45) is 7.27. The summed E-state index contributed by atoms with van der Waals surface area (Å²) in [5.74, 6) is 1.53. The van der Waals surface area contributed by atoms with Crippen LogP contribution in [0.2, 0.25) is 0 Å². The number of nitrogens with zero attached hydrogens (tertiary/aromatic N) is 1. The summed E-state index contributed by atoms with van der Waals surface area (Å²) in [7, 11) is 3.64. The number of nitrogens with one attached hydrogen (secondary N) is 1. The number of aryl methyl sites for hydroxylation is 1. The van der Waals surface area contributed by atoms with E-state index < -0.39 is 0 Å². The first-order valence-corrected chi connectivity index (χ1v) is 10.7. The van der Waals surface area contributed by atoms with Crippen LogP contribution in [0.5, 0.6) is 5.75 Å². The number of hydrogen-bond donors (Lipinski definition) is 1. The molecule has 1 aromatic carbocycles. The molecular formula is C23H34N2OS. The number of hydrogen-bond acceptors (Lipinski definition) is 4. The predicted octanol–water partition coefficient (Wildman–Crippen LogP) is 6.24. The molecule has 1 N–H and O–H groups in total. The van der Waals surface area contributed by atoms with Gasteiger partial charge in [0.05, 0.1) is 17.2 Å². The number of methoxy groups -OCH3 is 1. The molecule has 3 nitrogen and oxygen atoms in total. The largest absolute Gasteiger partial charge is 0.496 e. The standard InChI is InChI=1S/C23H34N2OS/c1-16(2)22(27-23(24-5)19-10-8-7-9-11-19)25-18(4)15-20-13-12-17(3)14-21(20)26-6/h12-14,19,25H,4,7-11,15H2,1-3,5-6H3/b24-23-. The topological polar surface area (TPSA) is 33.6 Å². The molecule has 1 aromatic rings. The van der Waals surface area contributed by atoms with Crippen molar-refractivity contribution >= 4 is 16.8 Å². The summed E-state index contributed by atoms with van der Waals surface area (Å²) in [4.78, 5) is 4.62. The van der Waals surface area contributed by atoms with Crippen molar-refractivity contribution in [2.24, 2.45) is 10.9 Å². The van der Waals surface area contributed by atoms with Gasteiger partial charge < -0.3 is 10.1 Å².